The molecular formula is C16H21NO6S. The summed E-state index contributed by atoms with van der Waals surface area (Å²) < 4.78 is 36.3. The maximum Gasteiger partial charge on any atom is 0.331 e. The summed E-state index contributed by atoms with van der Waals surface area (Å²) in [4.78, 5) is 11.4. The zero-order valence-electron chi connectivity index (χ0n) is 13.6. The van der Waals surface area contributed by atoms with E-state index < -0.39 is 16.0 Å². The van der Waals surface area contributed by atoms with Crippen molar-refractivity contribution in [1.29, 1.82) is 0 Å². The molecule has 0 spiro atoms. The molecule has 2 atom stereocenters. The first kappa shape index (κ1) is 18.4. The van der Waals surface area contributed by atoms with E-state index in [1.165, 1.54) is 25.4 Å². The van der Waals surface area contributed by atoms with Crippen molar-refractivity contribution in [3.8, 4) is 0 Å². The van der Waals surface area contributed by atoms with Gasteiger partial charge in [-0.2, -0.15) is 0 Å². The Bertz CT molecular complexity index is 698. The Kier molecular flexibility index (Phi) is 5.98. The van der Waals surface area contributed by atoms with Crippen molar-refractivity contribution in [2.45, 2.75) is 30.4 Å². The monoisotopic (exact) mass is 355 g/mol. The standard InChI is InChI=1S/C16H21NO6S/c1-12-3-5-13(6-4-12)24(20,21)17(10-8-16(19)22-2)9-7-14-15(11-18)23-14/h3-6,8,10,14-15,18H,7,9,11H2,1-2H3/b10-8+/t14-,15-/m0/s1. The number of aliphatic hydroxyl groups is 1. The molecule has 1 saturated heterocycles. The quantitative estimate of drug-likeness (QED) is 0.421. The fraction of sp³-hybridized carbons (Fsp3) is 0.438. The number of epoxide rings is 1. The molecule has 1 heterocycles. The Morgan fingerprint density at radius 2 is 2.00 bits per heavy atom. The largest absolute Gasteiger partial charge is 0.466 e. The number of benzene rings is 1. The van der Waals surface area contributed by atoms with E-state index in [4.69, 9.17) is 9.84 Å². The van der Waals surface area contributed by atoms with Gasteiger partial charge in [0, 0.05) is 18.8 Å². The Morgan fingerprint density at radius 1 is 1.33 bits per heavy atom. The Hall–Kier alpha value is -1.90. The van der Waals surface area contributed by atoms with Crippen molar-refractivity contribution < 1.29 is 27.8 Å². The summed E-state index contributed by atoms with van der Waals surface area (Å²) in [6.07, 6.45) is 2.26. The van der Waals surface area contributed by atoms with Crippen molar-refractivity contribution in [2.24, 2.45) is 0 Å². The first-order chi connectivity index (χ1) is 11.4. The van der Waals surface area contributed by atoms with Gasteiger partial charge < -0.3 is 14.6 Å². The molecule has 0 bridgehead atoms. The molecule has 0 amide bonds. The molecule has 1 fully saturated rings. The lowest BCUT2D eigenvalue weighted by Gasteiger charge is -2.20. The highest BCUT2D eigenvalue weighted by Crippen LogP contribution is 2.26. The molecule has 0 aliphatic carbocycles. The molecule has 7 nitrogen and oxygen atoms in total. The lowest BCUT2D eigenvalue weighted by atomic mass is 10.2. The normalized spacial score (nSPS) is 20.1. The molecule has 1 aliphatic heterocycles. The van der Waals surface area contributed by atoms with Crippen molar-refractivity contribution in [3.05, 3.63) is 42.1 Å². The van der Waals surface area contributed by atoms with Crippen molar-refractivity contribution >= 4 is 16.0 Å². The van der Waals surface area contributed by atoms with Crippen LogP contribution >= 0.6 is 0 Å². The topological polar surface area (TPSA) is 96.4 Å². The van der Waals surface area contributed by atoms with Gasteiger partial charge in [-0.05, 0) is 25.5 Å². The van der Waals surface area contributed by atoms with Gasteiger partial charge in [0.2, 0.25) is 0 Å². The van der Waals surface area contributed by atoms with Crippen LogP contribution in [0.25, 0.3) is 0 Å². The van der Waals surface area contributed by atoms with E-state index in [0.717, 1.165) is 15.9 Å². The van der Waals surface area contributed by atoms with Crippen LogP contribution in [0.3, 0.4) is 0 Å². The summed E-state index contributed by atoms with van der Waals surface area (Å²) >= 11 is 0. The third-order valence-electron chi connectivity index (χ3n) is 3.71. The summed E-state index contributed by atoms with van der Waals surface area (Å²) in [5.41, 5.74) is 0.947. The molecule has 24 heavy (non-hydrogen) atoms. The molecular weight excluding hydrogens is 334 g/mol. The molecule has 0 saturated carbocycles. The second kappa shape index (κ2) is 7.78. The average Bonchev–Trinajstić information content (AvgIpc) is 3.33. The third kappa shape index (κ3) is 4.56. The highest BCUT2D eigenvalue weighted by Gasteiger charge is 2.38. The SMILES string of the molecule is COC(=O)/C=C/N(CC[C@@H]1O[C@H]1CO)S(=O)(=O)c1ccc(C)cc1. The van der Waals surface area contributed by atoms with Crippen LogP contribution in [-0.2, 0) is 24.3 Å². The molecule has 1 N–H and O–H groups in total. The summed E-state index contributed by atoms with van der Waals surface area (Å²) in [6, 6.07) is 6.46. The number of rotatable bonds is 8. The van der Waals surface area contributed by atoms with Crippen LogP contribution in [0.5, 0.6) is 0 Å². The summed E-state index contributed by atoms with van der Waals surface area (Å²) in [5.74, 6) is -0.644. The Balaban J connectivity index is 2.17. The van der Waals surface area contributed by atoms with Gasteiger partial charge in [0.1, 0.15) is 6.10 Å². The molecule has 2 rings (SSSR count). The number of carbonyl (C=O) groups excluding carboxylic acids is 1. The predicted molar refractivity (Wildman–Crippen MR) is 86.6 cm³/mol. The molecule has 0 aromatic heterocycles. The predicted octanol–water partition coefficient (Wildman–Crippen LogP) is 0.822. The first-order valence-electron chi connectivity index (χ1n) is 7.49. The van der Waals surface area contributed by atoms with Crippen LogP contribution in [-0.4, -0.2) is 56.3 Å². The van der Waals surface area contributed by atoms with Crippen LogP contribution in [0.4, 0.5) is 0 Å². The van der Waals surface area contributed by atoms with Gasteiger partial charge in [-0.1, -0.05) is 17.7 Å². The zero-order chi connectivity index (χ0) is 17.7. The Labute approximate surface area is 141 Å². The lowest BCUT2D eigenvalue weighted by Crippen LogP contribution is -2.28. The summed E-state index contributed by atoms with van der Waals surface area (Å²) in [7, 11) is -2.58. The van der Waals surface area contributed by atoms with Gasteiger partial charge in [-0.15, -0.1) is 0 Å². The molecule has 1 aromatic rings. The highest BCUT2D eigenvalue weighted by atomic mass is 32.2. The number of methoxy groups -OCH3 is 1. The molecule has 0 unspecified atom stereocenters. The van der Waals surface area contributed by atoms with E-state index in [2.05, 4.69) is 4.74 Å². The van der Waals surface area contributed by atoms with E-state index in [1.54, 1.807) is 12.1 Å². The van der Waals surface area contributed by atoms with Crippen molar-refractivity contribution in [1.82, 2.24) is 4.31 Å². The van der Waals surface area contributed by atoms with Crippen molar-refractivity contribution in [3.63, 3.8) is 0 Å². The summed E-state index contributed by atoms with van der Waals surface area (Å²) in [5, 5.41) is 8.98. The van der Waals surface area contributed by atoms with Crippen LogP contribution in [0.15, 0.2) is 41.4 Å². The maximum absolute atomic E-state index is 12.8. The minimum Gasteiger partial charge on any atom is -0.466 e. The van der Waals surface area contributed by atoms with Crippen LogP contribution < -0.4 is 0 Å². The van der Waals surface area contributed by atoms with E-state index in [-0.39, 0.29) is 30.3 Å². The molecule has 132 valence electrons. The van der Waals surface area contributed by atoms with E-state index in [1.807, 2.05) is 6.92 Å². The molecule has 0 radical (unpaired) electrons. The highest BCUT2D eigenvalue weighted by molar-refractivity contribution is 7.89. The molecule has 1 aromatic carbocycles. The van der Waals surface area contributed by atoms with Crippen LogP contribution in [0, 0.1) is 6.92 Å². The molecule has 8 heteroatoms. The van der Waals surface area contributed by atoms with Gasteiger partial charge in [-0.25, -0.2) is 13.2 Å². The second-order valence-corrected chi connectivity index (χ2v) is 7.34. The van der Waals surface area contributed by atoms with Crippen molar-refractivity contribution in [2.75, 3.05) is 20.3 Å². The number of aryl methyl sites for hydroxylation is 1. The number of sulfonamides is 1. The first-order valence-corrected chi connectivity index (χ1v) is 8.93. The van der Waals surface area contributed by atoms with Crippen LogP contribution in [0.1, 0.15) is 12.0 Å². The zero-order valence-corrected chi connectivity index (χ0v) is 14.4. The number of esters is 1. The van der Waals surface area contributed by atoms with Gasteiger partial charge in [0.15, 0.2) is 0 Å². The number of nitrogens with zero attached hydrogens (tertiary/aromatic N) is 1. The fourth-order valence-corrected chi connectivity index (χ4v) is 3.50. The maximum atomic E-state index is 12.8. The number of hydrogen-bond acceptors (Lipinski definition) is 6. The number of ether oxygens (including phenoxy) is 2. The number of hydrogen-bond donors (Lipinski definition) is 1. The van der Waals surface area contributed by atoms with E-state index >= 15 is 0 Å². The van der Waals surface area contributed by atoms with Crippen LogP contribution in [0.2, 0.25) is 0 Å². The average molecular weight is 355 g/mol. The molecule has 1 aliphatic rings. The Morgan fingerprint density at radius 3 is 2.54 bits per heavy atom. The number of carbonyl (C=O) groups is 1. The van der Waals surface area contributed by atoms with E-state index in [9.17, 15) is 13.2 Å². The minimum atomic E-state index is -3.79. The minimum absolute atomic E-state index is 0.0899. The smallest absolute Gasteiger partial charge is 0.331 e. The summed E-state index contributed by atoms with van der Waals surface area (Å²) in [6.45, 7) is 1.91. The van der Waals surface area contributed by atoms with Gasteiger partial charge >= 0.3 is 5.97 Å². The van der Waals surface area contributed by atoms with Gasteiger partial charge in [0.05, 0.1) is 24.7 Å². The van der Waals surface area contributed by atoms with Gasteiger partial charge in [0.25, 0.3) is 10.0 Å². The third-order valence-corrected chi connectivity index (χ3v) is 5.50. The number of aliphatic hydroxyl groups excluding tert-OH is 1. The van der Waals surface area contributed by atoms with E-state index in [0.29, 0.717) is 6.42 Å². The second-order valence-electron chi connectivity index (χ2n) is 5.45. The lowest BCUT2D eigenvalue weighted by molar-refractivity contribution is -0.134. The fourth-order valence-electron chi connectivity index (χ4n) is 2.18. The van der Waals surface area contributed by atoms with Gasteiger partial charge in [-0.3, -0.25) is 4.31 Å².